The Labute approximate surface area is 84.2 Å². The maximum Gasteiger partial charge on any atom is 0.0962 e. The van der Waals surface area contributed by atoms with E-state index in [4.69, 9.17) is 0 Å². The highest BCUT2D eigenvalue weighted by molar-refractivity contribution is 5.51. The zero-order valence-corrected chi connectivity index (χ0v) is 8.67. The minimum Gasteiger partial charge on any atom is -0.387 e. The summed E-state index contributed by atoms with van der Waals surface area (Å²) in [6.45, 7) is 1.97. The number of aromatic nitrogens is 1. The number of nitrogens with zero attached hydrogens (tertiary/aromatic N) is 1. The number of rotatable bonds is 1. The van der Waals surface area contributed by atoms with Gasteiger partial charge in [0.1, 0.15) is 0 Å². The molecule has 0 saturated heterocycles. The number of aliphatic hydroxyl groups excluding tert-OH is 1. The standard InChI is InChI=1S/C11H16N2O/c1-7-9(12-2)6-8-4-3-5-10(14)11(8)13-7/h6,10,12,14H,3-5H2,1-2H3. The molecule has 0 aromatic carbocycles. The van der Waals surface area contributed by atoms with Crippen LogP contribution in [0.25, 0.3) is 0 Å². The van der Waals surface area contributed by atoms with Crippen molar-refractivity contribution in [2.45, 2.75) is 32.3 Å². The van der Waals surface area contributed by atoms with Gasteiger partial charge in [-0.3, -0.25) is 4.98 Å². The molecule has 76 valence electrons. The smallest absolute Gasteiger partial charge is 0.0962 e. The Bertz CT molecular complexity index is 349. The van der Waals surface area contributed by atoms with Crippen LogP contribution in [0, 0.1) is 6.92 Å². The van der Waals surface area contributed by atoms with Gasteiger partial charge in [0.2, 0.25) is 0 Å². The highest BCUT2D eigenvalue weighted by atomic mass is 16.3. The van der Waals surface area contributed by atoms with Crippen LogP contribution in [-0.4, -0.2) is 17.1 Å². The van der Waals surface area contributed by atoms with Crippen LogP contribution < -0.4 is 5.32 Å². The van der Waals surface area contributed by atoms with E-state index in [9.17, 15) is 5.11 Å². The molecule has 1 unspecified atom stereocenters. The van der Waals surface area contributed by atoms with Gasteiger partial charge in [-0.25, -0.2) is 0 Å². The molecule has 0 spiro atoms. The molecule has 1 atom stereocenters. The van der Waals surface area contributed by atoms with E-state index in [1.54, 1.807) is 0 Å². The summed E-state index contributed by atoms with van der Waals surface area (Å²) >= 11 is 0. The van der Waals surface area contributed by atoms with Crippen molar-refractivity contribution in [3.8, 4) is 0 Å². The number of fused-ring (bicyclic) bond motifs is 1. The van der Waals surface area contributed by atoms with E-state index in [0.29, 0.717) is 0 Å². The number of anilines is 1. The molecule has 1 aliphatic carbocycles. The molecule has 2 rings (SSSR count). The van der Waals surface area contributed by atoms with Crippen molar-refractivity contribution in [1.82, 2.24) is 4.98 Å². The Morgan fingerprint density at radius 2 is 2.36 bits per heavy atom. The number of pyridine rings is 1. The van der Waals surface area contributed by atoms with Gasteiger partial charge in [0, 0.05) is 7.05 Å². The molecule has 1 aliphatic rings. The topological polar surface area (TPSA) is 45.2 Å². The molecule has 0 fully saturated rings. The Morgan fingerprint density at radius 3 is 3.07 bits per heavy atom. The van der Waals surface area contributed by atoms with Crippen molar-refractivity contribution in [3.63, 3.8) is 0 Å². The molecule has 0 aliphatic heterocycles. The Balaban J connectivity index is 2.48. The predicted octanol–water partition coefficient (Wildman–Crippen LogP) is 1.80. The van der Waals surface area contributed by atoms with Gasteiger partial charge in [0.05, 0.1) is 23.2 Å². The summed E-state index contributed by atoms with van der Waals surface area (Å²) in [6, 6.07) is 2.11. The predicted molar refractivity (Wildman–Crippen MR) is 56.4 cm³/mol. The number of nitrogens with one attached hydrogen (secondary N) is 1. The molecular formula is C11H16N2O. The largest absolute Gasteiger partial charge is 0.387 e. The minimum absolute atomic E-state index is 0.358. The Kier molecular flexibility index (Phi) is 2.42. The molecule has 1 heterocycles. The lowest BCUT2D eigenvalue weighted by molar-refractivity contribution is 0.151. The van der Waals surface area contributed by atoms with Gasteiger partial charge in [-0.1, -0.05) is 0 Å². The minimum atomic E-state index is -0.358. The maximum atomic E-state index is 9.77. The second kappa shape index (κ2) is 3.58. The quantitative estimate of drug-likeness (QED) is 0.713. The molecule has 1 aromatic rings. The lowest BCUT2D eigenvalue weighted by Gasteiger charge is -2.21. The molecule has 3 nitrogen and oxygen atoms in total. The molecule has 0 saturated carbocycles. The van der Waals surface area contributed by atoms with Gasteiger partial charge in [-0.2, -0.15) is 0 Å². The second-order valence-corrected chi connectivity index (χ2v) is 3.82. The number of hydrogen-bond donors (Lipinski definition) is 2. The van der Waals surface area contributed by atoms with Crippen molar-refractivity contribution in [3.05, 3.63) is 23.0 Å². The SMILES string of the molecule is CNc1cc2c(nc1C)C(O)CCC2. The summed E-state index contributed by atoms with van der Waals surface area (Å²) in [6.07, 6.45) is 2.58. The van der Waals surface area contributed by atoms with Crippen LogP contribution in [-0.2, 0) is 6.42 Å². The van der Waals surface area contributed by atoms with Gasteiger partial charge in [0.25, 0.3) is 0 Å². The number of aryl methyl sites for hydroxylation is 2. The summed E-state index contributed by atoms with van der Waals surface area (Å²) in [4.78, 5) is 4.45. The van der Waals surface area contributed by atoms with Crippen molar-refractivity contribution >= 4 is 5.69 Å². The molecule has 14 heavy (non-hydrogen) atoms. The lowest BCUT2D eigenvalue weighted by Crippen LogP contribution is -2.13. The van der Waals surface area contributed by atoms with E-state index < -0.39 is 0 Å². The Morgan fingerprint density at radius 1 is 1.57 bits per heavy atom. The third-order valence-corrected chi connectivity index (χ3v) is 2.83. The van der Waals surface area contributed by atoms with Crippen molar-refractivity contribution < 1.29 is 5.11 Å². The van der Waals surface area contributed by atoms with Crippen LogP contribution in [0.15, 0.2) is 6.07 Å². The summed E-state index contributed by atoms with van der Waals surface area (Å²) in [5.74, 6) is 0. The third-order valence-electron chi connectivity index (χ3n) is 2.83. The first-order valence-electron chi connectivity index (χ1n) is 5.08. The average Bonchev–Trinajstić information content (AvgIpc) is 2.19. The molecule has 0 radical (unpaired) electrons. The van der Waals surface area contributed by atoms with Crippen LogP contribution in [0.2, 0.25) is 0 Å². The summed E-state index contributed by atoms with van der Waals surface area (Å²) < 4.78 is 0. The van der Waals surface area contributed by atoms with Crippen LogP contribution >= 0.6 is 0 Å². The first-order chi connectivity index (χ1) is 6.72. The van der Waals surface area contributed by atoms with Crippen molar-refractivity contribution in [2.24, 2.45) is 0 Å². The van der Waals surface area contributed by atoms with Crippen LogP contribution in [0.1, 0.15) is 35.9 Å². The van der Waals surface area contributed by atoms with Gasteiger partial charge in [-0.15, -0.1) is 0 Å². The summed E-state index contributed by atoms with van der Waals surface area (Å²) in [5.41, 5.74) is 4.11. The fourth-order valence-corrected chi connectivity index (χ4v) is 2.03. The molecule has 1 aromatic heterocycles. The van der Waals surface area contributed by atoms with E-state index in [1.807, 2.05) is 14.0 Å². The normalized spacial score (nSPS) is 20.4. The fourth-order valence-electron chi connectivity index (χ4n) is 2.03. The van der Waals surface area contributed by atoms with E-state index in [2.05, 4.69) is 16.4 Å². The summed E-state index contributed by atoms with van der Waals surface area (Å²) in [7, 11) is 1.90. The van der Waals surface area contributed by atoms with E-state index in [-0.39, 0.29) is 6.10 Å². The monoisotopic (exact) mass is 192 g/mol. The third kappa shape index (κ3) is 1.48. The second-order valence-electron chi connectivity index (χ2n) is 3.82. The van der Waals surface area contributed by atoms with Gasteiger partial charge in [0.15, 0.2) is 0 Å². The van der Waals surface area contributed by atoms with Crippen LogP contribution in [0.4, 0.5) is 5.69 Å². The average molecular weight is 192 g/mol. The first-order valence-corrected chi connectivity index (χ1v) is 5.08. The number of aliphatic hydroxyl groups is 1. The van der Waals surface area contributed by atoms with E-state index >= 15 is 0 Å². The molecule has 3 heteroatoms. The van der Waals surface area contributed by atoms with Crippen LogP contribution in [0.5, 0.6) is 0 Å². The summed E-state index contributed by atoms with van der Waals surface area (Å²) in [5, 5.41) is 12.9. The van der Waals surface area contributed by atoms with Crippen LogP contribution in [0.3, 0.4) is 0 Å². The lowest BCUT2D eigenvalue weighted by atomic mass is 9.93. The molecule has 0 bridgehead atoms. The zero-order valence-electron chi connectivity index (χ0n) is 8.67. The van der Waals surface area contributed by atoms with Crippen molar-refractivity contribution in [2.75, 3.05) is 12.4 Å². The molecular weight excluding hydrogens is 176 g/mol. The highest BCUT2D eigenvalue weighted by Gasteiger charge is 2.20. The highest BCUT2D eigenvalue weighted by Crippen LogP contribution is 2.30. The van der Waals surface area contributed by atoms with Crippen molar-refractivity contribution in [1.29, 1.82) is 0 Å². The van der Waals surface area contributed by atoms with Gasteiger partial charge < -0.3 is 10.4 Å². The molecule has 0 amide bonds. The maximum absolute atomic E-state index is 9.77. The fraction of sp³-hybridized carbons (Fsp3) is 0.545. The van der Waals surface area contributed by atoms with E-state index in [1.165, 1.54) is 5.56 Å². The Hall–Kier alpha value is -1.09. The first kappa shape index (κ1) is 9.46. The van der Waals surface area contributed by atoms with Gasteiger partial charge >= 0.3 is 0 Å². The number of hydrogen-bond acceptors (Lipinski definition) is 3. The molecule has 2 N–H and O–H groups in total. The van der Waals surface area contributed by atoms with E-state index in [0.717, 1.165) is 36.3 Å². The van der Waals surface area contributed by atoms with Gasteiger partial charge in [-0.05, 0) is 37.8 Å². The zero-order chi connectivity index (χ0) is 10.1.